The summed E-state index contributed by atoms with van der Waals surface area (Å²) in [5.41, 5.74) is 2.15. The molecule has 2 aromatic rings. The van der Waals surface area contributed by atoms with Crippen molar-refractivity contribution in [2.45, 2.75) is 75.7 Å². The number of ether oxygens (including phenoxy) is 1. The molecule has 1 fully saturated rings. The van der Waals surface area contributed by atoms with Gasteiger partial charge in [0.15, 0.2) is 6.10 Å². The number of hydrogen-bond donors (Lipinski definition) is 2. The number of aryl methyl sites for hydroxylation is 2. The van der Waals surface area contributed by atoms with Crippen molar-refractivity contribution in [3.05, 3.63) is 46.8 Å². The number of aromatic nitrogens is 1. The summed E-state index contributed by atoms with van der Waals surface area (Å²) in [5, 5.41) is 9.02. The molecule has 3 rings (SSSR count). The lowest BCUT2D eigenvalue weighted by Gasteiger charge is -2.23. The predicted octanol–water partition coefficient (Wildman–Crippen LogP) is 4.29. The molecular formula is C23H29N3O5S. The van der Waals surface area contributed by atoms with Crippen molar-refractivity contribution >= 4 is 29.7 Å². The second-order valence-electron chi connectivity index (χ2n) is 7.93. The summed E-state index contributed by atoms with van der Waals surface area (Å²) >= 11 is 1.46. The van der Waals surface area contributed by atoms with Crippen LogP contribution in [0, 0.1) is 13.8 Å². The number of nitrogens with one attached hydrogen (secondary N) is 2. The molecule has 32 heavy (non-hydrogen) atoms. The number of imide groups is 1. The van der Waals surface area contributed by atoms with E-state index in [0.29, 0.717) is 11.3 Å². The zero-order chi connectivity index (χ0) is 23.1. The van der Waals surface area contributed by atoms with E-state index < -0.39 is 24.0 Å². The molecule has 2 N–H and O–H groups in total. The first-order chi connectivity index (χ1) is 15.3. The van der Waals surface area contributed by atoms with Gasteiger partial charge in [-0.1, -0.05) is 36.6 Å². The third-order valence-electron chi connectivity index (χ3n) is 5.49. The molecule has 1 aromatic heterocycles. The molecule has 3 amide bonds. The van der Waals surface area contributed by atoms with Gasteiger partial charge in [0, 0.05) is 22.3 Å². The summed E-state index contributed by atoms with van der Waals surface area (Å²) < 4.78 is 10.5. The average Bonchev–Trinajstić information content (AvgIpc) is 3.10. The Morgan fingerprint density at radius 3 is 2.59 bits per heavy atom. The molecule has 0 radical (unpaired) electrons. The second-order valence-corrected chi connectivity index (χ2v) is 8.95. The smallest absolute Gasteiger partial charge is 0.340 e. The number of carbonyl (C=O) groups is 3. The average molecular weight is 460 g/mol. The molecule has 0 spiro atoms. The van der Waals surface area contributed by atoms with Gasteiger partial charge < -0.3 is 14.6 Å². The molecule has 0 aliphatic heterocycles. The molecule has 1 saturated carbocycles. The van der Waals surface area contributed by atoms with Crippen LogP contribution in [0.2, 0.25) is 0 Å². The topological polar surface area (TPSA) is 111 Å². The van der Waals surface area contributed by atoms with Crippen LogP contribution < -0.4 is 10.6 Å². The summed E-state index contributed by atoms with van der Waals surface area (Å²) in [6.45, 7) is 5.17. The van der Waals surface area contributed by atoms with Gasteiger partial charge in [-0.2, -0.15) is 0 Å². The molecule has 0 unspecified atom stereocenters. The molecule has 1 aliphatic carbocycles. The van der Waals surface area contributed by atoms with E-state index in [-0.39, 0.29) is 6.04 Å². The maximum Gasteiger partial charge on any atom is 0.340 e. The highest BCUT2D eigenvalue weighted by Crippen LogP contribution is 2.29. The SMILES string of the molecule is Cc1noc(C)c1CSc1ccccc1C(=O)O[C@@H](C)C(=O)NC(=O)NC1CCCCC1. The number of benzene rings is 1. The van der Waals surface area contributed by atoms with E-state index in [1.165, 1.54) is 25.1 Å². The van der Waals surface area contributed by atoms with Crippen molar-refractivity contribution in [3.8, 4) is 0 Å². The minimum atomic E-state index is -1.11. The number of rotatable bonds is 7. The van der Waals surface area contributed by atoms with Gasteiger partial charge in [-0.05, 0) is 45.7 Å². The van der Waals surface area contributed by atoms with Crippen LogP contribution >= 0.6 is 11.8 Å². The molecule has 172 valence electrons. The monoisotopic (exact) mass is 459 g/mol. The van der Waals surface area contributed by atoms with E-state index in [0.717, 1.165) is 47.6 Å². The highest BCUT2D eigenvalue weighted by Gasteiger charge is 2.24. The van der Waals surface area contributed by atoms with Crippen LogP contribution in [0.25, 0.3) is 0 Å². The van der Waals surface area contributed by atoms with Gasteiger partial charge >= 0.3 is 12.0 Å². The van der Waals surface area contributed by atoms with Gasteiger partial charge in [-0.25, -0.2) is 9.59 Å². The molecule has 0 bridgehead atoms. The number of nitrogens with zero attached hydrogens (tertiary/aromatic N) is 1. The largest absolute Gasteiger partial charge is 0.449 e. The minimum Gasteiger partial charge on any atom is -0.449 e. The van der Waals surface area contributed by atoms with E-state index in [1.54, 1.807) is 12.1 Å². The van der Waals surface area contributed by atoms with Crippen molar-refractivity contribution in [2.75, 3.05) is 0 Å². The van der Waals surface area contributed by atoms with Gasteiger partial charge in [0.2, 0.25) is 0 Å². The normalized spacial score (nSPS) is 15.1. The number of hydrogen-bond acceptors (Lipinski definition) is 7. The lowest BCUT2D eigenvalue weighted by atomic mass is 9.96. The van der Waals surface area contributed by atoms with Crippen LogP contribution in [-0.4, -0.2) is 35.2 Å². The molecule has 1 aromatic carbocycles. The Hall–Kier alpha value is -2.81. The Morgan fingerprint density at radius 1 is 1.19 bits per heavy atom. The molecule has 8 nitrogen and oxygen atoms in total. The highest BCUT2D eigenvalue weighted by molar-refractivity contribution is 7.98. The fourth-order valence-electron chi connectivity index (χ4n) is 3.58. The third-order valence-corrected chi connectivity index (χ3v) is 6.59. The zero-order valence-corrected chi connectivity index (χ0v) is 19.4. The van der Waals surface area contributed by atoms with Crippen molar-refractivity contribution < 1.29 is 23.6 Å². The fraction of sp³-hybridized carbons (Fsp3) is 0.478. The van der Waals surface area contributed by atoms with Crippen LogP contribution in [0.4, 0.5) is 4.79 Å². The quantitative estimate of drug-likeness (QED) is 0.469. The first kappa shape index (κ1) is 23.8. The molecule has 0 saturated heterocycles. The number of esters is 1. The standard InChI is InChI=1S/C23H29N3O5S/c1-14-19(15(2)31-26-14)13-32-20-12-8-7-11-18(20)22(28)30-16(3)21(27)25-23(29)24-17-9-5-4-6-10-17/h7-8,11-12,16-17H,4-6,9-10,13H2,1-3H3,(H2,24,25,27,29)/t16-/m0/s1. The molecular weight excluding hydrogens is 430 g/mol. The maximum atomic E-state index is 12.7. The van der Waals surface area contributed by atoms with Crippen LogP contribution in [0.5, 0.6) is 0 Å². The Morgan fingerprint density at radius 2 is 1.91 bits per heavy atom. The van der Waals surface area contributed by atoms with Crippen LogP contribution in [0.3, 0.4) is 0 Å². The number of urea groups is 1. The molecule has 1 heterocycles. The van der Waals surface area contributed by atoms with Gasteiger partial charge in [-0.15, -0.1) is 11.8 Å². The highest BCUT2D eigenvalue weighted by atomic mass is 32.2. The first-order valence-corrected chi connectivity index (χ1v) is 11.8. The van der Waals surface area contributed by atoms with Crippen molar-refractivity contribution in [3.63, 3.8) is 0 Å². The van der Waals surface area contributed by atoms with Crippen molar-refractivity contribution in [2.24, 2.45) is 0 Å². The minimum absolute atomic E-state index is 0.0796. The maximum absolute atomic E-state index is 12.7. The first-order valence-electron chi connectivity index (χ1n) is 10.8. The zero-order valence-electron chi connectivity index (χ0n) is 18.6. The Labute approximate surface area is 191 Å². The van der Waals surface area contributed by atoms with Gasteiger partial charge in [0.1, 0.15) is 5.76 Å². The van der Waals surface area contributed by atoms with Gasteiger partial charge in [0.25, 0.3) is 5.91 Å². The van der Waals surface area contributed by atoms with E-state index in [1.807, 2.05) is 26.0 Å². The number of carbonyl (C=O) groups excluding carboxylic acids is 3. The third kappa shape index (κ3) is 6.35. The predicted molar refractivity (Wildman–Crippen MR) is 120 cm³/mol. The molecule has 9 heteroatoms. The Kier molecular flexibility index (Phi) is 8.33. The number of amides is 3. The summed E-state index contributed by atoms with van der Waals surface area (Å²) in [5.74, 6) is 0.0459. The van der Waals surface area contributed by atoms with Gasteiger partial charge in [0.05, 0.1) is 11.3 Å². The second kappa shape index (κ2) is 11.2. The Balaban J connectivity index is 1.55. The van der Waals surface area contributed by atoms with Crippen LogP contribution in [-0.2, 0) is 15.3 Å². The Bertz CT molecular complexity index is 949. The summed E-state index contributed by atoms with van der Waals surface area (Å²) in [7, 11) is 0. The summed E-state index contributed by atoms with van der Waals surface area (Å²) in [6.07, 6.45) is 4.02. The lowest BCUT2D eigenvalue weighted by molar-refractivity contribution is -0.127. The van der Waals surface area contributed by atoms with Crippen LogP contribution in [0.15, 0.2) is 33.7 Å². The molecule has 1 aliphatic rings. The van der Waals surface area contributed by atoms with Crippen molar-refractivity contribution in [1.29, 1.82) is 0 Å². The van der Waals surface area contributed by atoms with E-state index in [4.69, 9.17) is 9.26 Å². The number of thioether (sulfide) groups is 1. The summed E-state index contributed by atoms with van der Waals surface area (Å²) in [6, 6.07) is 6.56. The fourth-order valence-corrected chi connectivity index (χ4v) is 4.77. The lowest BCUT2D eigenvalue weighted by Crippen LogP contribution is -2.48. The van der Waals surface area contributed by atoms with Crippen LogP contribution in [0.1, 0.15) is 66.4 Å². The van der Waals surface area contributed by atoms with E-state index >= 15 is 0 Å². The summed E-state index contributed by atoms with van der Waals surface area (Å²) in [4.78, 5) is 37.9. The van der Waals surface area contributed by atoms with E-state index in [9.17, 15) is 14.4 Å². The van der Waals surface area contributed by atoms with Gasteiger partial charge in [-0.3, -0.25) is 10.1 Å². The molecule has 1 atom stereocenters. The van der Waals surface area contributed by atoms with Crippen molar-refractivity contribution in [1.82, 2.24) is 15.8 Å². The van der Waals surface area contributed by atoms with E-state index in [2.05, 4.69) is 15.8 Å².